The maximum atomic E-state index is 12.9. The van der Waals surface area contributed by atoms with Crippen molar-refractivity contribution in [2.24, 2.45) is 17.2 Å². The highest BCUT2D eigenvalue weighted by Gasteiger charge is 2.36. The average molecular weight is 610 g/mol. The van der Waals surface area contributed by atoms with E-state index in [1.165, 1.54) is 0 Å². The van der Waals surface area contributed by atoms with Crippen LogP contribution in [0.25, 0.3) is 0 Å². The van der Waals surface area contributed by atoms with Crippen LogP contribution in [0.15, 0.2) is 30.3 Å². The maximum Gasteiger partial charge on any atom is 0.408 e. The number of carbonyl (C=O) groups is 4. The van der Waals surface area contributed by atoms with E-state index < -0.39 is 17.7 Å². The quantitative estimate of drug-likeness (QED) is 0.0959. The van der Waals surface area contributed by atoms with Gasteiger partial charge in [-0.05, 0) is 57.3 Å². The Labute approximate surface area is 254 Å². The summed E-state index contributed by atoms with van der Waals surface area (Å²) in [6.07, 6.45) is 3.20. The first-order valence-corrected chi connectivity index (χ1v) is 15.0. The van der Waals surface area contributed by atoms with E-state index in [1.54, 1.807) is 0 Å². The van der Waals surface area contributed by atoms with Crippen LogP contribution in [0.5, 0.6) is 0 Å². The summed E-state index contributed by atoms with van der Waals surface area (Å²) in [6.45, 7) is 1.34. The van der Waals surface area contributed by atoms with Gasteiger partial charge in [-0.3, -0.25) is 9.59 Å². The molecular weight excluding hydrogens is 558 g/mol. The van der Waals surface area contributed by atoms with Gasteiger partial charge in [0.1, 0.15) is 30.3 Å². The first-order valence-electron chi connectivity index (χ1n) is 15.0. The average Bonchev–Trinajstić information content (AvgIpc) is 3.00. The minimum absolute atomic E-state index is 0.0134. The van der Waals surface area contributed by atoms with E-state index in [0.717, 1.165) is 18.4 Å². The predicted octanol–water partition coefficient (Wildman–Crippen LogP) is 1.94. The van der Waals surface area contributed by atoms with Crippen molar-refractivity contribution in [3.8, 4) is 0 Å². The molecule has 8 N–H and O–H groups in total. The Balaban J connectivity index is 2.92. The normalized spacial score (nSPS) is 11.1. The van der Waals surface area contributed by atoms with E-state index in [2.05, 4.69) is 10.6 Å². The van der Waals surface area contributed by atoms with Crippen molar-refractivity contribution >= 4 is 23.8 Å². The molecule has 0 spiro atoms. The highest BCUT2D eigenvalue weighted by Crippen LogP contribution is 2.12. The maximum absolute atomic E-state index is 12.9. The molecule has 1 rings (SSSR count). The van der Waals surface area contributed by atoms with Crippen LogP contribution >= 0.6 is 0 Å². The van der Waals surface area contributed by atoms with Gasteiger partial charge in [0.25, 0.3) is 0 Å². The number of hydrogen-bond acceptors (Lipinski definition) is 11. The molecule has 0 unspecified atom stereocenters. The Morgan fingerprint density at radius 1 is 0.651 bits per heavy atom. The Bertz CT molecular complexity index is 889. The third-order valence-electron chi connectivity index (χ3n) is 6.34. The molecule has 0 aliphatic heterocycles. The summed E-state index contributed by atoms with van der Waals surface area (Å²) in [5.74, 6) is 0.0726. The Morgan fingerprint density at radius 2 is 1.21 bits per heavy atom. The van der Waals surface area contributed by atoms with Crippen LogP contribution in [0.2, 0.25) is 0 Å². The third-order valence-corrected chi connectivity index (χ3v) is 6.34. The van der Waals surface area contributed by atoms with E-state index in [1.807, 2.05) is 30.3 Å². The number of ether oxygens (including phenoxy) is 4. The number of benzene rings is 1. The van der Waals surface area contributed by atoms with Crippen LogP contribution in [0.1, 0.15) is 63.4 Å². The zero-order chi connectivity index (χ0) is 31.6. The number of nitrogens with one attached hydrogen (secondary N) is 2. The largest absolute Gasteiger partial charge is 0.447 e. The zero-order valence-electron chi connectivity index (χ0n) is 25.3. The lowest BCUT2D eigenvalue weighted by Gasteiger charge is -2.33. The second kappa shape index (κ2) is 24.4. The van der Waals surface area contributed by atoms with Crippen molar-refractivity contribution in [2.75, 3.05) is 59.2 Å². The second-order valence-corrected chi connectivity index (χ2v) is 10.3. The third kappa shape index (κ3) is 19.7. The number of hydrogen-bond donors (Lipinski definition) is 5. The summed E-state index contributed by atoms with van der Waals surface area (Å²) in [6, 6.07) is 9.14. The van der Waals surface area contributed by atoms with Crippen molar-refractivity contribution in [3.63, 3.8) is 0 Å². The lowest BCUT2D eigenvalue weighted by atomic mass is 10.0. The molecule has 0 aliphatic carbocycles. The van der Waals surface area contributed by atoms with E-state index >= 15 is 0 Å². The first kappa shape index (κ1) is 37.9. The number of nitrogens with two attached hydrogens (primary N) is 3. The molecule has 0 bridgehead atoms. The molecular formula is C30H51N5O8. The Kier molecular flexibility index (Phi) is 21.5. The predicted molar refractivity (Wildman–Crippen MR) is 162 cm³/mol. The number of rotatable bonds is 26. The van der Waals surface area contributed by atoms with Crippen molar-refractivity contribution in [3.05, 3.63) is 35.9 Å². The van der Waals surface area contributed by atoms with E-state index in [0.29, 0.717) is 58.3 Å². The van der Waals surface area contributed by atoms with Gasteiger partial charge in [-0.15, -0.1) is 0 Å². The minimum Gasteiger partial charge on any atom is -0.447 e. The molecule has 1 aromatic carbocycles. The number of Topliss-reactive ketones (excluding diaryl/α,β-unsaturated/α-hetero) is 2. The van der Waals surface area contributed by atoms with Crippen molar-refractivity contribution < 1.29 is 38.1 Å². The van der Waals surface area contributed by atoms with Crippen molar-refractivity contribution in [2.45, 2.75) is 69.9 Å². The van der Waals surface area contributed by atoms with Crippen LogP contribution < -0.4 is 27.8 Å². The summed E-state index contributed by atoms with van der Waals surface area (Å²) in [4.78, 5) is 49.6. The monoisotopic (exact) mass is 609 g/mol. The zero-order valence-corrected chi connectivity index (χ0v) is 25.3. The molecule has 0 saturated carbocycles. The summed E-state index contributed by atoms with van der Waals surface area (Å²) in [5.41, 5.74) is 15.9. The summed E-state index contributed by atoms with van der Waals surface area (Å²) < 4.78 is 22.5. The molecule has 0 radical (unpaired) electrons. The summed E-state index contributed by atoms with van der Waals surface area (Å²) in [7, 11) is 0. The fourth-order valence-corrected chi connectivity index (χ4v) is 3.85. The smallest absolute Gasteiger partial charge is 0.408 e. The van der Waals surface area contributed by atoms with Crippen molar-refractivity contribution in [1.29, 1.82) is 0 Å². The van der Waals surface area contributed by atoms with Gasteiger partial charge >= 0.3 is 12.2 Å². The molecule has 0 fully saturated rings. The SMILES string of the molecule is NCCCCC(=O)CCOCC(COCCC(=O)CCCCN)(COC(=O)NCCCN)NC(=O)OCc1ccccc1. The van der Waals surface area contributed by atoms with Gasteiger partial charge in [-0.1, -0.05) is 30.3 Å². The van der Waals surface area contributed by atoms with Gasteiger partial charge in [0.15, 0.2) is 0 Å². The van der Waals surface area contributed by atoms with Gasteiger partial charge < -0.3 is 46.8 Å². The lowest BCUT2D eigenvalue weighted by molar-refractivity contribution is -0.120. The fourth-order valence-electron chi connectivity index (χ4n) is 3.85. The van der Waals surface area contributed by atoms with Crippen LogP contribution in [0.3, 0.4) is 0 Å². The molecule has 0 aliphatic rings. The van der Waals surface area contributed by atoms with Gasteiger partial charge in [-0.2, -0.15) is 0 Å². The van der Waals surface area contributed by atoms with Gasteiger partial charge in [-0.25, -0.2) is 9.59 Å². The van der Waals surface area contributed by atoms with Gasteiger partial charge in [0, 0.05) is 32.2 Å². The molecule has 2 amide bonds. The second-order valence-electron chi connectivity index (χ2n) is 10.3. The van der Waals surface area contributed by atoms with Crippen LogP contribution in [-0.2, 0) is 35.1 Å². The molecule has 0 saturated heterocycles. The number of alkyl carbamates (subject to hydrolysis) is 2. The highest BCUT2D eigenvalue weighted by atomic mass is 16.6. The fraction of sp³-hybridized carbons (Fsp3) is 0.667. The molecule has 0 atom stereocenters. The molecule has 13 nitrogen and oxygen atoms in total. The van der Waals surface area contributed by atoms with E-state index in [9.17, 15) is 19.2 Å². The molecule has 0 heterocycles. The van der Waals surface area contributed by atoms with Crippen LogP contribution in [0, 0.1) is 0 Å². The Hall–Kier alpha value is -3.10. The molecule has 1 aromatic rings. The number of unbranched alkanes of at least 4 members (excludes halogenated alkanes) is 2. The van der Waals surface area contributed by atoms with E-state index in [-0.39, 0.29) is 64.0 Å². The number of ketones is 2. The molecule has 43 heavy (non-hydrogen) atoms. The van der Waals surface area contributed by atoms with Crippen molar-refractivity contribution in [1.82, 2.24) is 10.6 Å². The van der Waals surface area contributed by atoms with E-state index in [4.69, 9.17) is 36.1 Å². The van der Waals surface area contributed by atoms with Gasteiger partial charge in [0.2, 0.25) is 0 Å². The van der Waals surface area contributed by atoms with Gasteiger partial charge in [0.05, 0.1) is 26.4 Å². The number of carbonyl (C=O) groups excluding carboxylic acids is 4. The van der Waals surface area contributed by atoms with Crippen LogP contribution in [0.4, 0.5) is 9.59 Å². The summed E-state index contributed by atoms with van der Waals surface area (Å²) >= 11 is 0. The minimum atomic E-state index is -1.37. The number of amides is 2. The lowest BCUT2D eigenvalue weighted by Crippen LogP contribution is -2.59. The first-order chi connectivity index (χ1) is 20.8. The molecule has 13 heteroatoms. The summed E-state index contributed by atoms with van der Waals surface area (Å²) in [5, 5.41) is 5.35. The Morgan fingerprint density at radius 3 is 1.74 bits per heavy atom. The molecule has 244 valence electrons. The highest BCUT2D eigenvalue weighted by molar-refractivity contribution is 5.78. The topological polar surface area (TPSA) is 207 Å². The molecule has 0 aromatic heterocycles. The van der Waals surface area contributed by atoms with Crippen LogP contribution in [-0.4, -0.2) is 88.5 Å². The standard InChI is InChI=1S/C30H51N5O8/c31-15-6-4-11-26(36)13-19-40-22-30(24-43-28(38)34-18-8-17-33,23-41-20-14-27(37)12-5-7-16-32)35-29(39)42-21-25-9-2-1-3-10-25/h1-3,9-10H,4-8,11-24,31-33H2,(H,34,38)(H,35,39).